The molecule has 0 unspecified atom stereocenters. The SMILES string of the molecule is COc1ccc(C(=O)NCC(=O)N/N=C\c2ccc(OC(=O)c3ccccc3F)cc2)cc1. The maximum atomic E-state index is 13.6. The standard InChI is InChI=1S/C24H20FN3O5/c1-32-18-12-8-17(9-13-18)23(30)26-15-22(29)28-27-14-16-6-10-19(11-7-16)33-24(31)20-4-2-3-5-21(20)25/h2-14H,15H2,1H3,(H,26,30)(H,28,29)/b27-14-. The normalized spacial score (nSPS) is 10.5. The van der Waals surface area contributed by atoms with E-state index in [-0.39, 0.29) is 17.9 Å². The molecule has 2 N–H and O–H groups in total. The van der Waals surface area contributed by atoms with E-state index in [1.165, 1.54) is 49.7 Å². The number of ether oxygens (including phenoxy) is 2. The molecular formula is C24H20FN3O5. The van der Waals surface area contributed by atoms with Crippen LogP contribution in [0, 0.1) is 5.82 Å². The van der Waals surface area contributed by atoms with E-state index in [0.29, 0.717) is 16.9 Å². The zero-order valence-electron chi connectivity index (χ0n) is 17.6. The fraction of sp³-hybridized carbons (Fsp3) is 0.0833. The van der Waals surface area contributed by atoms with Crippen molar-refractivity contribution in [2.45, 2.75) is 0 Å². The first-order valence-corrected chi connectivity index (χ1v) is 9.77. The lowest BCUT2D eigenvalue weighted by Gasteiger charge is -2.06. The Kier molecular flexibility index (Phi) is 7.85. The van der Waals surface area contributed by atoms with Crippen molar-refractivity contribution in [2.75, 3.05) is 13.7 Å². The number of hydrogen-bond donors (Lipinski definition) is 2. The summed E-state index contributed by atoms with van der Waals surface area (Å²) in [7, 11) is 1.53. The number of nitrogens with one attached hydrogen (secondary N) is 2. The second-order valence-electron chi connectivity index (χ2n) is 6.64. The summed E-state index contributed by atoms with van der Waals surface area (Å²) < 4.78 is 23.8. The lowest BCUT2D eigenvalue weighted by atomic mass is 10.2. The van der Waals surface area contributed by atoms with Crippen LogP contribution in [0.3, 0.4) is 0 Å². The van der Waals surface area contributed by atoms with E-state index >= 15 is 0 Å². The fourth-order valence-electron chi connectivity index (χ4n) is 2.63. The molecule has 168 valence electrons. The van der Waals surface area contributed by atoms with Gasteiger partial charge in [0, 0.05) is 5.56 Å². The maximum absolute atomic E-state index is 13.6. The molecule has 0 fully saturated rings. The number of methoxy groups -OCH3 is 1. The highest BCUT2D eigenvalue weighted by Crippen LogP contribution is 2.15. The van der Waals surface area contributed by atoms with E-state index in [1.54, 1.807) is 36.4 Å². The van der Waals surface area contributed by atoms with Crippen LogP contribution in [0.15, 0.2) is 77.9 Å². The zero-order chi connectivity index (χ0) is 23.6. The second kappa shape index (κ2) is 11.2. The summed E-state index contributed by atoms with van der Waals surface area (Å²) in [6, 6.07) is 18.2. The Balaban J connectivity index is 1.45. The monoisotopic (exact) mass is 449 g/mol. The minimum absolute atomic E-state index is 0.162. The van der Waals surface area contributed by atoms with Crippen LogP contribution in [-0.2, 0) is 4.79 Å². The van der Waals surface area contributed by atoms with Crippen LogP contribution in [0.2, 0.25) is 0 Å². The summed E-state index contributed by atoms with van der Waals surface area (Å²) in [5, 5.41) is 6.30. The molecule has 0 heterocycles. The Bertz CT molecular complexity index is 1160. The number of benzene rings is 3. The van der Waals surface area contributed by atoms with E-state index in [1.807, 2.05) is 0 Å². The summed E-state index contributed by atoms with van der Waals surface area (Å²) in [4.78, 5) is 35.9. The van der Waals surface area contributed by atoms with Gasteiger partial charge in [0.15, 0.2) is 0 Å². The third-order valence-corrected chi connectivity index (χ3v) is 4.35. The smallest absolute Gasteiger partial charge is 0.346 e. The number of hydrazone groups is 1. The number of rotatable bonds is 8. The molecule has 33 heavy (non-hydrogen) atoms. The van der Waals surface area contributed by atoms with Crippen LogP contribution >= 0.6 is 0 Å². The molecule has 3 aromatic carbocycles. The second-order valence-corrected chi connectivity index (χ2v) is 6.64. The molecule has 0 radical (unpaired) electrons. The van der Waals surface area contributed by atoms with Gasteiger partial charge in [-0.05, 0) is 66.2 Å². The predicted octanol–water partition coefficient (Wildman–Crippen LogP) is 2.93. The van der Waals surface area contributed by atoms with Gasteiger partial charge in [-0.15, -0.1) is 0 Å². The van der Waals surface area contributed by atoms with Crippen LogP contribution in [-0.4, -0.2) is 37.7 Å². The summed E-state index contributed by atoms with van der Waals surface area (Å²) in [6.45, 7) is -0.257. The number of halogens is 1. The Hall–Kier alpha value is -4.53. The molecule has 0 spiro atoms. The van der Waals surface area contributed by atoms with E-state index in [4.69, 9.17) is 9.47 Å². The highest BCUT2D eigenvalue weighted by atomic mass is 19.1. The molecule has 0 aliphatic rings. The average Bonchev–Trinajstić information content (AvgIpc) is 2.84. The first-order chi connectivity index (χ1) is 16.0. The molecule has 0 saturated heterocycles. The Morgan fingerprint density at radius 3 is 2.27 bits per heavy atom. The van der Waals surface area contributed by atoms with Gasteiger partial charge in [-0.2, -0.15) is 5.10 Å². The number of nitrogens with zero attached hydrogens (tertiary/aromatic N) is 1. The van der Waals surface area contributed by atoms with Crippen LogP contribution in [0.4, 0.5) is 4.39 Å². The predicted molar refractivity (Wildman–Crippen MR) is 119 cm³/mol. The molecule has 0 aromatic heterocycles. The summed E-state index contributed by atoms with van der Waals surface area (Å²) in [5.41, 5.74) is 3.14. The van der Waals surface area contributed by atoms with Crippen molar-refractivity contribution in [3.05, 3.63) is 95.3 Å². The summed E-state index contributed by atoms with van der Waals surface area (Å²) in [5.74, 6) is -1.54. The van der Waals surface area contributed by atoms with Gasteiger partial charge >= 0.3 is 5.97 Å². The van der Waals surface area contributed by atoms with Gasteiger partial charge in [0.25, 0.3) is 11.8 Å². The molecule has 9 heteroatoms. The van der Waals surface area contributed by atoms with Gasteiger partial charge < -0.3 is 14.8 Å². The van der Waals surface area contributed by atoms with Gasteiger partial charge in [-0.25, -0.2) is 14.6 Å². The van der Waals surface area contributed by atoms with E-state index < -0.39 is 23.6 Å². The van der Waals surface area contributed by atoms with Gasteiger partial charge in [0.05, 0.1) is 25.4 Å². The Morgan fingerprint density at radius 2 is 1.61 bits per heavy atom. The van der Waals surface area contributed by atoms with E-state index in [2.05, 4.69) is 15.8 Å². The van der Waals surface area contributed by atoms with Crippen LogP contribution in [0.25, 0.3) is 0 Å². The first-order valence-electron chi connectivity index (χ1n) is 9.77. The number of carbonyl (C=O) groups is 3. The lowest BCUT2D eigenvalue weighted by molar-refractivity contribution is -0.120. The summed E-state index contributed by atoms with van der Waals surface area (Å²) in [6.07, 6.45) is 1.38. The molecule has 0 atom stereocenters. The first kappa shape index (κ1) is 23.1. The number of amides is 2. The molecule has 2 amide bonds. The third-order valence-electron chi connectivity index (χ3n) is 4.35. The van der Waals surface area contributed by atoms with Gasteiger partial charge in [0.2, 0.25) is 0 Å². The van der Waals surface area contributed by atoms with Crippen LogP contribution in [0.5, 0.6) is 11.5 Å². The third kappa shape index (κ3) is 6.73. The topological polar surface area (TPSA) is 106 Å². The number of hydrogen-bond acceptors (Lipinski definition) is 6. The van der Waals surface area contributed by atoms with Gasteiger partial charge in [0.1, 0.15) is 17.3 Å². The molecule has 0 saturated carbocycles. The molecular weight excluding hydrogens is 429 g/mol. The molecule has 0 aliphatic heterocycles. The van der Waals surface area contributed by atoms with Crippen molar-refractivity contribution >= 4 is 24.0 Å². The van der Waals surface area contributed by atoms with E-state index in [9.17, 15) is 18.8 Å². The lowest BCUT2D eigenvalue weighted by Crippen LogP contribution is -2.34. The maximum Gasteiger partial charge on any atom is 0.346 e. The van der Waals surface area contributed by atoms with Crippen molar-refractivity contribution in [1.29, 1.82) is 0 Å². The Morgan fingerprint density at radius 1 is 0.939 bits per heavy atom. The highest BCUT2D eigenvalue weighted by molar-refractivity contribution is 5.96. The molecule has 0 bridgehead atoms. The molecule has 3 rings (SSSR count). The fourth-order valence-corrected chi connectivity index (χ4v) is 2.63. The summed E-state index contributed by atoms with van der Waals surface area (Å²) >= 11 is 0. The van der Waals surface area contributed by atoms with Gasteiger partial charge in [-0.1, -0.05) is 12.1 Å². The molecule has 0 aliphatic carbocycles. The van der Waals surface area contributed by atoms with Crippen LogP contribution in [0.1, 0.15) is 26.3 Å². The minimum Gasteiger partial charge on any atom is -0.497 e. The van der Waals surface area contributed by atoms with E-state index in [0.717, 1.165) is 0 Å². The quantitative estimate of drug-likeness (QED) is 0.238. The largest absolute Gasteiger partial charge is 0.497 e. The van der Waals surface area contributed by atoms with Crippen molar-refractivity contribution < 1.29 is 28.2 Å². The van der Waals surface area contributed by atoms with Gasteiger partial charge in [-0.3, -0.25) is 9.59 Å². The zero-order valence-corrected chi connectivity index (χ0v) is 17.6. The number of carbonyl (C=O) groups excluding carboxylic acids is 3. The van der Waals surface area contributed by atoms with Crippen molar-refractivity contribution in [3.63, 3.8) is 0 Å². The molecule has 8 nitrogen and oxygen atoms in total. The van der Waals surface area contributed by atoms with Crippen molar-refractivity contribution in [1.82, 2.24) is 10.7 Å². The number of esters is 1. The highest BCUT2D eigenvalue weighted by Gasteiger charge is 2.13. The Labute approximate surface area is 189 Å². The molecule has 3 aromatic rings. The van der Waals surface area contributed by atoms with Crippen molar-refractivity contribution in [2.24, 2.45) is 5.10 Å². The average molecular weight is 449 g/mol. The van der Waals surface area contributed by atoms with Crippen molar-refractivity contribution in [3.8, 4) is 11.5 Å². The minimum atomic E-state index is -0.807. The van der Waals surface area contributed by atoms with Crippen LogP contribution < -0.4 is 20.2 Å².